The summed E-state index contributed by atoms with van der Waals surface area (Å²) in [6.45, 7) is 5.10. The molecule has 1 heterocycles. The molecule has 0 aliphatic carbocycles. The van der Waals surface area contributed by atoms with E-state index in [1.807, 2.05) is 25.1 Å². The van der Waals surface area contributed by atoms with Gasteiger partial charge in [0.15, 0.2) is 6.61 Å². The molecule has 2 aromatic rings. The van der Waals surface area contributed by atoms with Gasteiger partial charge in [0.2, 0.25) is 0 Å². The van der Waals surface area contributed by atoms with Crippen LogP contribution in [-0.2, 0) is 14.3 Å². The van der Waals surface area contributed by atoms with Crippen LogP contribution in [0.15, 0.2) is 41.8 Å². The Bertz CT molecular complexity index is 772. The lowest BCUT2D eigenvalue weighted by Gasteiger charge is -2.20. The standard InChI is InChI=1S/C19H22N2O4S/c1-12(2)17(21-18(23)15-8-5-9-26-15)19(24)25-11-16(22)20-14-7-4-6-13(3)10-14/h4-10,12,17H,11H2,1-3H3,(H,20,22)(H,21,23)/t17-/m1/s1. The molecule has 138 valence electrons. The normalized spacial score (nSPS) is 11.7. The Morgan fingerprint density at radius 1 is 1.15 bits per heavy atom. The van der Waals surface area contributed by atoms with Gasteiger partial charge in [0.1, 0.15) is 6.04 Å². The van der Waals surface area contributed by atoms with Crippen molar-refractivity contribution in [1.29, 1.82) is 0 Å². The van der Waals surface area contributed by atoms with E-state index in [4.69, 9.17) is 4.74 Å². The molecule has 2 N–H and O–H groups in total. The number of benzene rings is 1. The van der Waals surface area contributed by atoms with E-state index in [1.54, 1.807) is 37.4 Å². The molecule has 0 fully saturated rings. The first-order chi connectivity index (χ1) is 12.4. The predicted molar refractivity (Wildman–Crippen MR) is 101 cm³/mol. The Labute approximate surface area is 156 Å². The minimum absolute atomic E-state index is 0.175. The zero-order chi connectivity index (χ0) is 19.1. The Morgan fingerprint density at radius 2 is 1.92 bits per heavy atom. The lowest BCUT2D eigenvalue weighted by molar-refractivity contribution is -0.150. The summed E-state index contributed by atoms with van der Waals surface area (Å²) in [5, 5.41) is 7.12. The Hall–Kier alpha value is -2.67. The molecule has 1 aromatic heterocycles. The van der Waals surface area contributed by atoms with Crippen molar-refractivity contribution < 1.29 is 19.1 Å². The maximum Gasteiger partial charge on any atom is 0.329 e. The monoisotopic (exact) mass is 374 g/mol. The second kappa shape index (κ2) is 9.15. The van der Waals surface area contributed by atoms with Crippen molar-refractivity contribution in [2.75, 3.05) is 11.9 Å². The number of hydrogen-bond acceptors (Lipinski definition) is 5. The summed E-state index contributed by atoms with van der Waals surface area (Å²) in [6.07, 6.45) is 0. The molecule has 0 saturated carbocycles. The lowest BCUT2D eigenvalue weighted by Crippen LogP contribution is -2.45. The van der Waals surface area contributed by atoms with E-state index in [0.717, 1.165) is 5.56 Å². The highest BCUT2D eigenvalue weighted by Gasteiger charge is 2.27. The summed E-state index contributed by atoms with van der Waals surface area (Å²) < 4.78 is 5.09. The first-order valence-corrected chi connectivity index (χ1v) is 9.12. The number of hydrogen-bond donors (Lipinski definition) is 2. The second-order valence-corrected chi connectivity index (χ2v) is 7.15. The molecule has 7 heteroatoms. The third kappa shape index (κ3) is 5.70. The van der Waals surface area contributed by atoms with Gasteiger partial charge >= 0.3 is 5.97 Å². The quantitative estimate of drug-likeness (QED) is 0.730. The topological polar surface area (TPSA) is 84.5 Å². The van der Waals surface area contributed by atoms with Crippen molar-refractivity contribution in [2.45, 2.75) is 26.8 Å². The molecular weight excluding hydrogens is 352 g/mol. The molecule has 0 unspecified atom stereocenters. The van der Waals surface area contributed by atoms with Crippen molar-refractivity contribution in [3.05, 3.63) is 52.2 Å². The number of amides is 2. The highest BCUT2D eigenvalue weighted by molar-refractivity contribution is 7.12. The average molecular weight is 374 g/mol. The molecule has 0 spiro atoms. The first kappa shape index (κ1) is 19.7. The van der Waals surface area contributed by atoms with Crippen LogP contribution in [0.25, 0.3) is 0 Å². The fourth-order valence-corrected chi connectivity index (χ4v) is 2.89. The van der Waals surface area contributed by atoms with Crippen molar-refractivity contribution in [2.24, 2.45) is 5.92 Å². The third-order valence-electron chi connectivity index (χ3n) is 3.60. The van der Waals surface area contributed by atoms with Crippen LogP contribution in [0.2, 0.25) is 0 Å². The summed E-state index contributed by atoms with van der Waals surface area (Å²) in [6, 6.07) is 9.93. The molecule has 0 radical (unpaired) electrons. The fraction of sp³-hybridized carbons (Fsp3) is 0.316. The molecule has 0 aliphatic heterocycles. The molecule has 1 atom stereocenters. The summed E-state index contributed by atoms with van der Waals surface area (Å²) in [5.41, 5.74) is 1.65. The Morgan fingerprint density at radius 3 is 2.54 bits per heavy atom. The summed E-state index contributed by atoms with van der Waals surface area (Å²) in [4.78, 5) is 36.9. The number of nitrogens with one attached hydrogen (secondary N) is 2. The van der Waals surface area contributed by atoms with Crippen LogP contribution in [0.3, 0.4) is 0 Å². The molecule has 2 amide bonds. The molecule has 2 rings (SSSR count). The number of thiophene rings is 1. The van der Waals surface area contributed by atoms with Crippen molar-refractivity contribution >= 4 is 34.8 Å². The van der Waals surface area contributed by atoms with Gasteiger partial charge in [-0.1, -0.05) is 32.0 Å². The second-order valence-electron chi connectivity index (χ2n) is 6.20. The van der Waals surface area contributed by atoms with Gasteiger partial charge in [-0.05, 0) is 42.0 Å². The van der Waals surface area contributed by atoms with Crippen LogP contribution in [0.1, 0.15) is 29.1 Å². The van der Waals surface area contributed by atoms with Crippen LogP contribution in [0, 0.1) is 12.8 Å². The van der Waals surface area contributed by atoms with Crippen LogP contribution < -0.4 is 10.6 Å². The van der Waals surface area contributed by atoms with Gasteiger partial charge in [-0.15, -0.1) is 11.3 Å². The number of rotatable bonds is 7. The number of anilines is 1. The van der Waals surface area contributed by atoms with Crippen molar-refractivity contribution in [1.82, 2.24) is 5.32 Å². The largest absolute Gasteiger partial charge is 0.454 e. The van der Waals surface area contributed by atoms with E-state index in [1.165, 1.54) is 11.3 Å². The zero-order valence-corrected chi connectivity index (χ0v) is 15.8. The van der Waals surface area contributed by atoms with Gasteiger partial charge < -0.3 is 15.4 Å². The van der Waals surface area contributed by atoms with Crippen LogP contribution >= 0.6 is 11.3 Å². The zero-order valence-electron chi connectivity index (χ0n) is 14.9. The van der Waals surface area contributed by atoms with E-state index in [2.05, 4.69) is 10.6 Å². The van der Waals surface area contributed by atoms with Crippen LogP contribution in [0.4, 0.5) is 5.69 Å². The van der Waals surface area contributed by atoms with Gasteiger partial charge in [0, 0.05) is 5.69 Å². The predicted octanol–water partition coefficient (Wildman–Crippen LogP) is 2.99. The number of esters is 1. The number of carbonyl (C=O) groups is 3. The van der Waals surface area contributed by atoms with Gasteiger partial charge in [-0.2, -0.15) is 0 Å². The van der Waals surface area contributed by atoms with Gasteiger partial charge in [0.05, 0.1) is 4.88 Å². The van der Waals surface area contributed by atoms with Gasteiger partial charge in [0.25, 0.3) is 11.8 Å². The van der Waals surface area contributed by atoms with Crippen molar-refractivity contribution in [3.63, 3.8) is 0 Å². The smallest absolute Gasteiger partial charge is 0.329 e. The SMILES string of the molecule is Cc1cccc(NC(=O)COC(=O)[C@H](NC(=O)c2cccs2)C(C)C)c1. The average Bonchev–Trinajstić information content (AvgIpc) is 3.12. The lowest BCUT2D eigenvalue weighted by atomic mass is 10.0. The molecule has 0 saturated heterocycles. The number of ether oxygens (including phenoxy) is 1. The third-order valence-corrected chi connectivity index (χ3v) is 4.47. The summed E-state index contributed by atoms with van der Waals surface area (Å²) in [7, 11) is 0. The van der Waals surface area contributed by atoms with E-state index >= 15 is 0 Å². The minimum Gasteiger partial charge on any atom is -0.454 e. The summed E-state index contributed by atoms with van der Waals surface area (Å²) in [5.74, 6) is -1.58. The van der Waals surface area contributed by atoms with E-state index in [9.17, 15) is 14.4 Å². The summed E-state index contributed by atoms with van der Waals surface area (Å²) >= 11 is 1.29. The highest BCUT2D eigenvalue weighted by Crippen LogP contribution is 2.12. The van der Waals surface area contributed by atoms with E-state index in [0.29, 0.717) is 10.6 Å². The first-order valence-electron chi connectivity index (χ1n) is 8.24. The van der Waals surface area contributed by atoms with Crippen LogP contribution in [-0.4, -0.2) is 30.4 Å². The molecular formula is C19H22N2O4S. The number of aryl methyl sites for hydroxylation is 1. The Balaban J connectivity index is 1.88. The molecule has 1 aromatic carbocycles. The maximum atomic E-state index is 12.3. The highest BCUT2D eigenvalue weighted by atomic mass is 32.1. The molecule has 0 bridgehead atoms. The Kier molecular flexibility index (Phi) is 6.91. The molecule has 0 aliphatic rings. The van der Waals surface area contributed by atoms with Crippen LogP contribution in [0.5, 0.6) is 0 Å². The van der Waals surface area contributed by atoms with Crippen molar-refractivity contribution in [3.8, 4) is 0 Å². The van der Waals surface area contributed by atoms with E-state index in [-0.39, 0.29) is 11.8 Å². The van der Waals surface area contributed by atoms with E-state index < -0.39 is 24.5 Å². The van der Waals surface area contributed by atoms with Gasteiger partial charge in [-0.3, -0.25) is 9.59 Å². The molecule has 26 heavy (non-hydrogen) atoms. The molecule has 6 nitrogen and oxygen atoms in total. The number of carbonyl (C=O) groups excluding carboxylic acids is 3. The van der Waals surface area contributed by atoms with Gasteiger partial charge in [-0.25, -0.2) is 4.79 Å². The minimum atomic E-state index is -0.823. The maximum absolute atomic E-state index is 12.3. The fourth-order valence-electron chi connectivity index (χ4n) is 2.26.